The monoisotopic (exact) mass is 488 g/mol. The SMILES string of the molecule is CCC(C)(C)NC(=O)[C@H](c1cccnc1)N(C(=O)Cn1nnc2ccccc21)c1ccc(C)c(F)c1. The summed E-state index contributed by atoms with van der Waals surface area (Å²) in [6.07, 6.45) is 3.81. The minimum atomic E-state index is -1.09. The van der Waals surface area contributed by atoms with Crippen LogP contribution >= 0.6 is 0 Å². The molecule has 2 heterocycles. The van der Waals surface area contributed by atoms with Crippen LogP contribution in [-0.4, -0.2) is 37.3 Å². The lowest BCUT2D eigenvalue weighted by molar-refractivity contribution is -0.128. The number of nitrogens with zero attached hydrogens (tertiary/aromatic N) is 5. The van der Waals surface area contributed by atoms with Crippen LogP contribution in [0.25, 0.3) is 11.0 Å². The smallest absolute Gasteiger partial charge is 0.249 e. The first-order valence-corrected chi connectivity index (χ1v) is 11.8. The summed E-state index contributed by atoms with van der Waals surface area (Å²) in [5, 5.41) is 11.3. The number of pyridine rings is 1. The lowest BCUT2D eigenvalue weighted by atomic mass is 9.99. The maximum Gasteiger partial charge on any atom is 0.249 e. The molecule has 0 aliphatic rings. The molecule has 1 atom stereocenters. The minimum Gasteiger partial charge on any atom is -0.349 e. The van der Waals surface area contributed by atoms with Gasteiger partial charge in [0.15, 0.2) is 0 Å². The van der Waals surface area contributed by atoms with Gasteiger partial charge < -0.3 is 5.32 Å². The molecule has 0 aliphatic heterocycles. The highest BCUT2D eigenvalue weighted by molar-refractivity contribution is 6.01. The van der Waals surface area contributed by atoms with E-state index in [1.807, 2.05) is 39.0 Å². The molecule has 2 amide bonds. The molecule has 0 saturated heterocycles. The number of nitrogens with one attached hydrogen (secondary N) is 1. The van der Waals surface area contributed by atoms with Crippen molar-refractivity contribution in [2.75, 3.05) is 4.90 Å². The Morgan fingerprint density at radius 3 is 2.61 bits per heavy atom. The quantitative estimate of drug-likeness (QED) is 0.398. The Bertz CT molecular complexity index is 1390. The Morgan fingerprint density at radius 1 is 1.14 bits per heavy atom. The Kier molecular flexibility index (Phi) is 7.10. The molecule has 8 nitrogen and oxygen atoms in total. The third-order valence-corrected chi connectivity index (χ3v) is 6.26. The van der Waals surface area contributed by atoms with Crippen LogP contribution in [0, 0.1) is 12.7 Å². The highest BCUT2D eigenvalue weighted by Crippen LogP contribution is 2.30. The van der Waals surface area contributed by atoms with E-state index in [1.165, 1.54) is 15.6 Å². The van der Waals surface area contributed by atoms with Crippen LogP contribution in [0.2, 0.25) is 0 Å². The standard InChI is InChI=1S/C27H29FN6O2/c1-5-27(3,4)30-26(36)25(19-9-8-14-29-16-19)34(20-13-12-18(2)21(28)15-20)24(35)17-33-23-11-7-6-10-22(23)31-32-33/h6-16,25H,5,17H2,1-4H3,(H,30,36)/t25-/m0/s1. The predicted octanol–water partition coefficient (Wildman–Crippen LogP) is 4.35. The van der Waals surface area contributed by atoms with Crippen LogP contribution in [0.5, 0.6) is 0 Å². The van der Waals surface area contributed by atoms with Crippen LogP contribution in [0.1, 0.15) is 44.4 Å². The number of hydrogen-bond donors (Lipinski definition) is 1. The van der Waals surface area contributed by atoms with Crippen molar-refractivity contribution >= 4 is 28.5 Å². The molecular formula is C27H29FN6O2. The molecule has 2 aromatic heterocycles. The lowest BCUT2D eigenvalue weighted by Crippen LogP contribution is -2.51. The van der Waals surface area contributed by atoms with Crippen LogP contribution in [0.15, 0.2) is 67.0 Å². The molecule has 1 N–H and O–H groups in total. The van der Waals surface area contributed by atoms with Gasteiger partial charge in [-0.25, -0.2) is 9.07 Å². The Labute approximate surface area is 209 Å². The number of para-hydroxylation sites is 1. The van der Waals surface area contributed by atoms with E-state index in [9.17, 15) is 14.0 Å². The first-order chi connectivity index (χ1) is 17.2. The molecule has 2 aromatic carbocycles. The number of anilines is 1. The second kappa shape index (κ2) is 10.2. The third kappa shape index (κ3) is 5.25. The Hall–Kier alpha value is -4.14. The topological polar surface area (TPSA) is 93.0 Å². The number of carbonyl (C=O) groups excluding carboxylic acids is 2. The van der Waals surface area contributed by atoms with Crippen molar-refractivity contribution in [3.8, 4) is 0 Å². The maximum absolute atomic E-state index is 14.7. The predicted molar refractivity (Wildman–Crippen MR) is 136 cm³/mol. The molecule has 0 aliphatic carbocycles. The molecule has 186 valence electrons. The first-order valence-electron chi connectivity index (χ1n) is 11.8. The molecule has 0 saturated carbocycles. The zero-order chi connectivity index (χ0) is 25.9. The average molecular weight is 489 g/mol. The molecule has 0 radical (unpaired) electrons. The van der Waals surface area contributed by atoms with Crippen LogP contribution in [0.4, 0.5) is 10.1 Å². The number of benzene rings is 2. The average Bonchev–Trinajstić information content (AvgIpc) is 3.27. The van der Waals surface area contributed by atoms with E-state index in [-0.39, 0.29) is 12.2 Å². The van der Waals surface area contributed by atoms with Gasteiger partial charge in [0.1, 0.15) is 23.9 Å². The van der Waals surface area contributed by atoms with E-state index in [2.05, 4.69) is 20.6 Å². The van der Waals surface area contributed by atoms with Gasteiger partial charge in [0.2, 0.25) is 11.8 Å². The number of halogens is 1. The van der Waals surface area contributed by atoms with Crippen molar-refractivity contribution in [2.24, 2.45) is 0 Å². The Balaban J connectivity index is 1.82. The second-order valence-electron chi connectivity index (χ2n) is 9.35. The fraction of sp³-hybridized carbons (Fsp3) is 0.296. The second-order valence-corrected chi connectivity index (χ2v) is 9.35. The Morgan fingerprint density at radius 2 is 1.92 bits per heavy atom. The van der Waals surface area contributed by atoms with Gasteiger partial charge in [-0.2, -0.15) is 0 Å². The number of carbonyl (C=O) groups is 2. The molecular weight excluding hydrogens is 459 g/mol. The van der Waals surface area contributed by atoms with Crippen molar-refractivity contribution < 1.29 is 14.0 Å². The largest absolute Gasteiger partial charge is 0.349 e. The summed E-state index contributed by atoms with van der Waals surface area (Å²) < 4.78 is 16.2. The lowest BCUT2D eigenvalue weighted by Gasteiger charge is -2.34. The molecule has 9 heteroatoms. The van der Waals surface area contributed by atoms with E-state index in [1.54, 1.807) is 49.6 Å². The molecule has 0 spiro atoms. The summed E-state index contributed by atoms with van der Waals surface area (Å²) in [7, 11) is 0. The van der Waals surface area contributed by atoms with Crippen LogP contribution in [0.3, 0.4) is 0 Å². The molecule has 0 unspecified atom stereocenters. The van der Waals surface area contributed by atoms with Gasteiger partial charge in [-0.15, -0.1) is 5.10 Å². The van der Waals surface area contributed by atoms with Crippen molar-refractivity contribution in [3.63, 3.8) is 0 Å². The summed E-state index contributed by atoms with van der Waals surface area (Å²) in [4.78, 5) is 33.1. The van der Waals surface area contributed by atoms with Gasteiger partial charge in [0.25, 0.3) is 0 Å². The summed E-state index contributed by atoms with van der Waals surface area (Å²) in [6.45, 7) is 7.22. The highest BCUT2D eigenvalue weighted by Gasteiger charge is 2.35. The van der Waals surface area contributed by atoms with E-state index >= 15 is 0 Å². The number of aryl methyl sites for hydroxylation is 1. The molecule has 0 fully saturated rings. The van der Waals surface area contributed by atoms with E-state index in [0.717, 1.165) is 0 Å². The number of hydrogen-bond acceptors (Lipinski definition) is 5. The number of rotatable bonds is 8. The molecule has 4 rings (SSSR count). The van der Waals surface area contributed by atoms with E-state index in [4.69, 9.17) is 0 Å². The number of fused-ring (bicyclic) bond motifs is 1. The van der Waals surface area contributed by atoms with Crippen molar-refractivity contribution in [3.05, 3.63) is 83.9 Å². The fourth-order valence-corrected chi connectivity index (χ4v) is 3.85. The zero-order valence-corrected chi connectivity index (χ0v) is 20.8. The number of aromatic nitrogens is 4. The zero-order valence-electron chi connectivity index (χ0n) is 20.8. The maximum atomic E-state index is 14.7. The van der Waals surface area contributed by atoms with Gasteiger partial charge in [-0.3, -0.25) is 19.5 Å². The summed E-state index contributed by atoms with van der Waals surface area (Å²) in [5.41, 5.74) is 1.99. The van der Waals surface area contributed by atoms with Crippen molar-refractivity contribution in [1.82, 2.24) is 25.3 Å². The third-order valence-electron chi connectivity index (χ3n) is 6.26. The summed E-state index contributed by atoms with van der Waals surface area (Å²) in [5.74, 6) is -1.32. The summed E-state index contributed by atoms with van der Waals surface area (Å²) in [6, 6.07) is 14.1. The van der Waals surface area contributed by atoms with E-state index in [0.29, 0.717) is 28.6 Å². The van der Waals surface area contributed by atoms with Crippen molar-refractivity contribution in [2.45, 2.75) is 52.2 Å². The normalized spacial score (nSPS) is 12.4. The molecule has 0 bridgehead atoms. The van der Waals surface area contributed by atoms with Crippen molar-refractivity contribution in [1.29, 1.82) is 0 Å². The van der Waals surface area contributed by atoms with Crippen LogP contribution in [-0.2, 0) is 16.1 Å². The number of amides is 2. The highest BCUT2D eigenvalue weighted by atomic mass is 19.1. The van der Waals surface area contributed by atoms with Gasteiger partial charge in [0, 0.05) is 29.2 Å². The fourth-order valence-electron chi connectivity index (χ4n) is 3.85. The van der Waals surface area contributed by atoms with Gasteiger partial charge in [-0.1, -0.05) is 36.4 Å². The van der Waals surface area contributed by atoms with Gasteiger partial charge >= 0.3 is 0 Å². The minimum absolute atomic E-state index is 0.197. The van der Waals surface area contributed by atoms with Crippen LogP contribution < -0.4 is 10.2 Å². The summed E-state index contributed by atoms with van der Waals surface area (Å²) >= 11 is 0. The first kappa shape index (κ1) is 25.0. The molecule has 36 heavy (non-hydrogen) atoms. The molecule has 4 aromatic rings. The van der Waals surface area contributed by atoms with Gasteiger partial charge in [-0.05, 0) is 63.1 Å². The van der Waals surface area contributed by atoms with E-state index < -0.39 is 29.2 Å². The van der Waals surface area contributed by atoms with Gasteiger partial charge in [0.05, 0.1) is 5.52 Å².